The maximum Gasteiger partial charge on any atom is 0.307 e. The van der Waals surface area contributed by atoms with Gasteiger partial charge in [-0.1, -0.05) is 24.3 Å². The summed E-state index contributed by atoms with van der Waals surface area (Å²) in [5.41, 5.74) is 1.46. The zero-order valence-corrected chi connectivity index (χ0v) is 11.3. The highest BCUT2D eigenvalue weighted by Crippen LogP contribution is 2.09. The molecule has 0 saturated carbocycles. The van der Waals surface area contributed by atoms with E-state index in [9.17, 15) is 14.4 Å². The minimum absolute atomic E-state index is 0.0715. The summed E-state index contributed by atoms with van der Waals surface area (Å²) in [6.45, 7) is 1.96. The van der Waals surface area contributed by atoms with E-state index >= 15 is 0 Å². The molecule has 0 radical (unpaired) electrons. The Labute approximate surface area is 117 Å². The number of carbonyl (C=O) groups is 3. The topological polar surface area (TPSA) is 95.5 Å². The molecule has 0 aliphatic rings. The molecule has 0 heterocycles. The molecular formula is C14H18N2O4. The van der Waals surface area contributed by atoms with Crippen LogP contribution in [0.25, 0.3) is 0 Å². The summed E-state index contributed by atoms with van der Waals surface area (Å²) in [7, 11) is 0. The largest absolute Gasteiger partial charge is 0.481 e. The minimum atomic E-state index is -0.908. The average molecular weight is 278 g/mol. The number of amides is 2. The van der Waals surface area contributed by atoms with E-state index in [0.717, 1.165) is 5.56 Å². The fraction of sp³-hybridized carbons (Fsp3) is 0.357. The molecule has 1 aromatic rings. The maximum atomic E-state index is 11.6. The first-order valence-electron chi connectivity index (χ1n) is 6.28. The van der Waals surface area contributed by atoms with Crippen LogP contribution >= 0.6 is 0 Å². The standard InChI is InChI=1S/C14H18N2O4/c1-10(17)15-7-6-13(18)16-9-12-5-3-2-4-11(12)8-14(19)20/h2-5H,6-9H2,1H3,(H,15,17)(H,16,18)(H,19,20). The van der Waals surface area contributed by atoms with Crippen molar-refractivity contribution in [2.75, 3.05) is 6.54 Å². The number of carboxylic acid groups (broad SMARTS) is 1. The Morgan fingerprint density at radius 2 is 1.75 bits per heavy atom. The lowest BCUT2D eigenvalue weighted by Crippen LogP contribution is -2.29. The van der Waals surface area contributed by atoms with Crippen LogP contribution in [0.3, 0.4) is 0 Å². The van der Waals surface area contributed by atoms with Gasteiger partial charge >= 0.3 is 5.97 Å². The molecule has 0 aromatic heterocycles. The van der Waals surface area contributed by atoms with Crippen LogP contribution in [0.1, 0.15) is 24.5 Å². The van der Waals surface area contributed by atoms with E-state index in [1.54, 1.807) is 24.3 Å². The molecule has 108 valence electrons. The quantitative estimate of drug-likeness (QED) is 0.675. The Morgan fingerprint density at radius 1 is 1.10 bits per heavy atom. The number of hydrogen-bond acceptors (Lipinski definition) is 3. The van der Waals surface area contributed by atoms with Gasteiger partial charge in [-0.2, -0.15) is 0 Å². The van der Waals surface area contributed by atoms with Gasteiger partial charge in [0.1, 0.15) is 0 Å². The summed E-state index contributed by atoms with van der Waals surface area (Å²) in [5.74, 6) is -1.28. The number of benzene rings is 1. The zero-order valence-electron chi connectivity index (χ0n) is 11.3. The van der Waals surface area contributed by atoms with Crippen LogP contribution in [-0.4, -0.2) is 29.4 Å². The zero-order chi connectivity index (χ0) is 15.0. The predicted octanol–water partition coefficient (Wildman–Crippen LogP) is 0.456. The first kappa shape index (κ1) is 15.7. The van der Waals surface area contributed by atoms with Gasteiger partial charge in [0.05, 0.1) is 6.42 Å². The molecule has 1 aromatic carbocycles. The number of hydrogen-bond donors (Lipinski definition) is 3. The van der Waals surface area contributed by atoms with Crippen molar-refractivity contribution in [1.82, 2.24) is 10.6 Å². The summed E-state index contributed by atoms with van der Waals surface area (Å²) >= 11 is 0. The van der Waals surface area contributed by atoms with Crippen molar-refractivity contribution in [3.63, 3.8) is 0 Å². The Hall–Kier alpha value is -2.37. The Bertz CT molecular complexity index is 500. The van der Waals surface area contributed by atoms with Crippen molar-refractivity contribution in [3.8, 4) is 0 Å². The Balaban J connectivity index is 2.46. The molecule has 6 nitrogen and oxygen atoms in total. The predicted molar refractivity (Wildman–Crippen MR) is 72.9 cm³/mol. The van der Waals surface area contributed by atoms with Gasteiger partial charge < -0.3 is 15.7 Å². The van der Waals surface area contributed by atoms with Crippen molar-refractivity contribution >= 4 is 17.8 Å². The monoisotopic (exact) mass is 278 g/mol. The van der Waals surface area contributed by atoms with E-state index < -0.39 is 5.97 Å². The van der Waals surface area contributed by atoms with E-state index in [4.69, 9.17) is 5.11 Å². The fourth-order valence-corrected chi connectivity index (χ4v) is 1.70. The number of nitrogens with one attached hydrogen (secondary N) is 2. The van der Waals surface area contributed by atoms with Crippen LogP contribution in [0.2, 0.25) is 0 Å². The van der Waals surface area contributed by atoms with Gasteiger partial charge in [-0.15, -0.1) is 0 Å². The van der Waals surface area contributed by atoms with Gasteiger partial charge in [0.25, 0.3) is 0 Å². The third-order valence-electron chi connectivity index (χ3n) is 2.66. The van der Waals surface area contributed by atoms with E-state index in [-0.39, 0.29) is 37.7 Å². The number of rotatable bonds is 7. The van der Waals surface area contributed by atoms with Gasteiger partial charge in [0.15, 0.2) is 0 Å². The molecule has 3 N–H and O–H groups in total. The van der Waals surface area contributed by atoms with Crippen molar-refractivity contribution < 1.29 is 19.5 Å². The third-order valence-corrected chi connectivity index (χ3v) is 2.66. The molecule has 20 heavy (non-hydrogen) atoms. The molecule has 0 unspecified atom stereocenters. The smallest absolute Gasteiger partial charge is 0.307 e. The lowest BCUT2D eigenvalue weighted by molar-refractivity contribution is -0.136. The van der Waals surface area contributed by atoms with E-state index in [0.29, 0.717) is 5.56 Å². The highest BCUT2D eigenvalue weighted by atomic mass is 16.4. The first-order chi connectivity index (χ1) is 9.49. The molecule has 0 saturated heterocycles. The summed E-state index contributed by atoms with van der Waals surface area (Å²) in [5, 5.41) is 14.0. The summed E-state index contributed by atoms with van der Waals surface area (Å²) < 4.78 is 0. The second-order valence-corrected chi connectivity index (χ2v) is 4.35. The highest BCUT2D eigenvalue weighted by molar-refractivity contribution is 5.78. The van der Waals surface area contributed by atoms with Crippen molar-refractivity contribution in [2.45, 2.75) is 26.3 Å². The molecule has 0 aliphatic heterocycles. The van der Waals surface area contributed by atoms with Gasteiger partial charge in [-0.25, -0.2) is 0 Å². The molecule has 0 spiro atoms. The normalized spacial score (nSPS) is 9.85. The molecule has 6 heteroatoms. The van der Waals surface area contributed by atoms with Crippen LogP contribution in [0.5, 0.6) is 0 Å². The summed E-state index contributed by atoms with van der Waals surface area (Å²) in [6, 6.07) is 7.07. The van der Waals surface area contributed by atoms with Crippen molar-refractivity contribution in [3.05, 3.63) is 35.4 Å². The van der Waals surface area contributed by atoms with Gasteiger partial charge in [0, 0.05) is 26.4 Å². The second-order valence-electron chi connectivity index (χ2n) is 4.35. The van der Waals surface area contributed by atoms with Crippen LogP contribution in [-0.2, 0) is 27.3 Å². The van der Waals surface area contributed by atoms with Gasteiger partial charge in [-0.05, 0) is 11.1 Å². The molecule has 1 rings (SSSR count). The average Bonchev–Trinajstić information content (AvgIpc) is 2.36. The van der Waals surface area contributed by atoms with Crippen LogP contribution in [0.4, 0.5) is 0 Å². The maximum absolute atomic E-state index is 11.6. The highest BCUT2D eigenvalue weighted by Gasteiger charge is 2.07. The van der Waals surface area contributed by atoms with Crippen molar-refractivity contribution in [2.24, 2.45) is 0 Å². The first-order valence-corrected chi connectivity index (χ1v) is 6.28. The molecule has 2 amide bonds. The Morgan fingerprint density at radius 3 is 2.35 bits per heavy atom. The molecule has 0 fully saturated rings. The van der Waals surface area contributed by atoms with E-state index in [1.165, 1.54) is 6.92 Å². The van der Waals surface area contributed by atoms with E-state index in [2.05, 4.69) is 10.6 Å². The summed E-state index contributed by atoms with van der Waals surface area (Å²) in [4.78, 5) is 32.9. The SMILES string of the molecule is CC(=O)NCCC(=O)NCc1ccccc1CC(=O)O. The Kier molecular flexibility index (Phi) is 6.22. The van der Waals surface area contributed by atoms with Crippen LogP contribution < -0.4 is 10.6 Å². The molecular weight excluding hydrogens is 260 g/mol. The number of carboxylic acids is 1. The van der Waals surface area contributed by atoms with Gasteiger partial charge in [0.2, 0.25) is 11.8 Å². The second kappa shape index (κ2) is 7.93. The van der Waals surface area contributed by atoms with Crippen molar-refractivity contribution in [1.29, 1.82) is 0 Å². The fourth-order valence-electron chi connectivity index (χ4n) is 1.70. The van der Waals surface area contributed by atoms with Crippen LogP contribution in [0, 0.1) is 0 Å². The lowest BCUT2D eigenvalue weighted by atomic mass is 10.0. The minimum Gasteiger partial charge on any atom is -0.481 e. The van der Waals surface area contributed by atoms with Gasteiger partial charge in [-0.3, -0.25) is 14.4 Å². The van der Waals surface area contributed by atoms with Crippen LogP contribution in [0.15, 0.2) is 24.3 Å². The molecule has 0 atom stereocenters. The summed E-state index contributed by atoms with van der Waals surface area (Å²) in [6.07, 6.45) is 0.124. The third kappa shape index (κ3) is 5.99. The number of carbonyl (C=O) groups excluding carboxylic acids is 2. The number of aliphatic carboxylic acids is 1. The molecule has 0 bridgehead atoms. The lowest BCUT2D eigenvalue weighted by Gasteiger charge is -2.09. The van der Waals surface area contributed by atoms with E-state index in [1.807, 2.05) is 0 Å². The molecule has 0 aliphatic carbocycles.